The van der Waals surface area contributed by atoms with Crippen LogP contribution in [0.15, 0.2) is 24.3 Å². The molecule has 1 saturated carbocycles. The molecule has 106 valence electrons. The zero-order chi connectivity index (χ0) is 13.5. The molecule has 1 fully saturated rings. The Morgan fingerprint density at radius 3 is 2.16 bits per heavy atom. The first kappa shape index (κ1) is 14.4. The van der Waals surface area contributed by atoms with E-state index < -0.39 is 0 Å². The predicted molar refractivity (Wildman–Crippen MR) is 80.7 cm³/mol. The van der Waals surface area contributed by atoms with E-state index in [0.717, 1.165) is 5.75 Å². The molecule has 1 aliphatic carbocycles. The highest BCUT2D eigenvalue weighted by molar-refractivity contribution is 5.28. The van der Waals surface area contributed by atoms with Crippen LogP contribution in [0.4, 0.5) is 0 Å². The van der Waals surface area contributed by atoms with Gasteiger partial charge in [-0.3, -0.25) is 0 Å². The molecular formula is C17H27NO. The van der Waals surface area contributed by atoms with E-state index in [0.29, 0.717) is 12.1 Å². The van der Waals surface area contributed by atoms with Crippen LogP contribution in [-0.4, -0.2) is 13.2 Å². The minimum absolute atomic E-state index is 0.426. The number of rotatable bonds is 4. The third-order valence-corrected chi connectivity index (χ3v) is 4.21. The van der Waals surface area contributed by atoms with Crippen LogP contribution in [0.1, 0.15) is 63.5 Å². The quantitative estimate of drug-likeness (QED) is 0.864. The second kappa shape index (κ2) is 7.54. The van der Waals surface area contributed by atoms with Crippen LogP contribution in [-0.2, 0) is 0 Å². The van der Waals surface area contributed by atoms with Crippen LogP contribution in [0.25, 0.3) is 0 Å². The summed E-state index contributed by atoms with van der Waals surface area (Å²) in [5.74, 6) is 0.932. The molecule has 0 amide bonds. The van der Waals surface area contributed by atoms with Crippen molar-refractivity contribution in [2.24, 2.45) is 0 Å². The van der Waals surface area contributed by atoms with Crippen molar-refractivity contribution < 1.29 is 4.74 Å². The Balaban J connectivity index is 1.88. The first-order valence-electron chi connectivity index (χ1n) is 7.69. The average molecular weight is 261 g/mol. The summed E-state index contributed by atoms with van der Waals surface area (Å²) in [4.78, 5) is 0. The Hall–Kier alpha value is -1.02. The number of benzene rings is 1. The van der Waals surface area contributed by atoms with E-state index in [1.54, 1.807) is 7.11 Å². The molecule has 2 nitrogen and oxygen atoms in total. The predicted octanol–water partition coefficient (Wildman–Crippen LogP) is 4.46. The van der Waals surface area contributed by atoms with Gasteiger partial charge in [0.15, 0.2) is 0 Å². The summed E-state index contributed by atoms with van der Waals surface area (Å²) in [6, 6.07) is 9.54. The minimum Gasteiger partial charge on any atom is -0.497 e. The summed E-state index contributed by atoms with van der Waals surface area (Å²) in [7, 11) is 1.71. The maximum absolute atomic E-state index is 5.21. The summed E-state index contributed by atoms with van der Waals surface area (Å²) in [6.07, 6.45) is 9.69. The number of hydrogen-bond donors (Lipinski definition) is 1. The van der Waals surface area contributed by atoms with Crippen molar-refractivity contribution in [2.45, 2.75) is 64.0 Å². The summed E-state index contributed by atoms with van der Waals surface area (Å²) in [5.41, 5.74) is 1.35. The molecule has 0 spiro atoms. The topological polar surface area (TPSA) is 21.3 Å². The van der Waals surface area contributed by atoms with Crippen LogP contribution in [0, 0.1) is 0 Å². The summed E-state index contributed by atoms with van der Waals surface area (Å²) >= 11 is 0. The molecule has 19 heavy (non-hydrogen) atoms. The normalized spacial score (nSPS) is 19.5. The van der Waals surface area contributed by atoms with Crippen molar-refractivity contribution in [1.29, 1.82) is 0 Å². The summed E-state index contributed by atoms with van der Waals surface area (Å²) in [6.45, 7) is 2.26. The number of ether oxygens (including phenoxy) is 1. The molecule has 0 radical (unpaired) electrons. The van der Waals surface area contributed by atoms with Gasteiger partial charge in [-0.1, -0.05) is 44.2 Å². The zero-order valence-corrected chi connectivity index (χ0v) is 12.3. The van der Waals surface area contributed by atoms with E-state index in [1.165, 1.54) is 50.5 Å². The number of methoxy groups -OCH3 is 1. The SMILES string of the molecule is COc1ccc([C@@H](C)NC2CCCCCCC2)cc1. The van der Waals surface area contributed by atoms with Gasteiger partial charge in [-0.25, -0.2) is 0 Å². The lowest BCUT2D eigenvalue weighted by Crippen LogP contribution is -2.32. The van der Waals surface area contributed by atoms with Crippen LogP contribution in [0.3, 0.4) is 0 Å². The van der Waals surface area contributed by atoms with Gasteiger partial charge in [-0.2, -0.15) is 0 Å². The Morgan fingerprint density at radius 2 is 1.58 bits per heavy atom. The molecule has 0 bridgehead atoms. The maximum Gasteiger partial charge on any atom is 0.118 e. The van der Waals surface area contributed by atoms with E-state index in [4.69, 9.17) is 4.74 Å². The van der Waals surface area contributed by atoms with Crippen molar-refractivity contribution in [1.82, 2.24) is 5.32 Å². The van der Waals surface area contributed by atoms with Crippen LogP contribution in [0.2, 0.25) is 0 Å². The highest BCUT2D eigenvalue weighted by atomic mass is 16.5. The summed E-state index contributed by atoms with van der Waals surface area (Å²) in [5, 5.41) is 3.80. The molecule has 0 aromatic heterocycles. The summed E-state index contributed by atoms with van der Waals surface area (Å²) < 4.78 is 5.21. The minimum atomic E-state index is 0.426. The van der Waals surface area contributed by atoms with Gasteiger partial charge in [0, 0.05) is 12.1 Å². The molecule has 1 N–H and O–H groups in total. The van der Waals surface area contributed by atoms with Crippen LogP contribution in [0.5, 0.6) is 5.75 Å². The molecule has 0 unspecified atom stereocenters. The van der Waals surface area contributed by atoms with Crippen molar-refractivity contribution >= 4 is 0 Å². The highest BCUT2D eigenvalue weighted by Gasteiger charge is 2.14. The second-order valence-corrected chi connectivity index (χ2v) is 5.70. The van der Waals surface area contributed by atoms with Gasteiger partial charge in [0.1, 0.15) is 5.75 Å². The molecule has 0 saturated heterocycles. The van der Waals surface area contributed by atoms with Gasteiger partial charge in [0.25, 0.3) is 0 Å². The Kier molecular flexibility index (Phi) is 5.71. The van der Waals surface area contributed by atoms with Gasteiger partial charge in [0.2, 0.25) is 0 Å². The molecule has 1 aliphatic rings. The Morgan fingerprint density at radius 1 is 1.00 bits per heavy atom. The number of nitrogens with one attached hydrogen (secondary N) is 1. The molecule has 1 aromatic carbocycles. The van der Waals surface area contributed by atoms with Gasteiger partial charge in [-0.05, 0) is 37.5 Å². The first-order chi connectivity index (χ1) is 9.29. The third kappa shape index (κ3) is 4.54. The Bertz CT molecular complexity index is 352. The molecule has 2 rings (SSSR count). The van der Waals surface area contributed by atoms with Gasteiger partial charge >= 0.3 is 0 Å². The molecule has 0 aliphatic heterocycles. The van der Waals surface area contributed by atoms with E-state index in [-0.39, 0.29) is 0 Å². The van der Waals surface area contributed by atoms with E-state index in [9.17, 15) is 0 Å². The molecule has 1 atom stereocenters. The number of hydrogen-bond acceptors (Lipinski definition) is 2. The van der Waals surface area contributed by atoms with Crippen molar-refractivity contribution in [3.8, 4) is 5.75 Å². The Labute approximate surface area is 117 Å². The van der Waals surface area contributed by atoms with Crippen molar-refractivity contribution in [2.75, 3.05) is 7.11 Å². The fourth-order valence-electron chi connectivity index (χ4n) is 2.97. The smallest absolute Gasteiger partial charge is 0.118 e. The van der Waals surface area contributed by atoms with Gasteiger partial charge < -0.3 is 10.1 Å². The van der Waals surface area contributed by atoms with Crippen molar-refractivity contribution in [3.05, 3.63) is 29.8 Å². The fraction of sp³-hybridized carbons (Fsp3) is 0.647. The second-order valence-electron chi connectivity index (χ2n) is 5.70. The van der Waals surface area contributed by atoms with E-state index >= 15 is 0 Å². The maximum atomic E-state index is 5.21. The lowest BCUT2D eigenvalue weighted by molar-refractivity contribution is 0.362. The van der Waals surface area contributed by atoms with E-state index in [2.05, 4.69) is 24.4 Å². The lowest BCUT2D eigenvalue weighted by atomic mass is 9.95. The van der Waals surface area contributed by atoms with Gasteiger partial charge in [0.05, 0.1) is 7.11 Å². The van der Waals surface area contributed by atoms with Gasteiger partial charge in [-0.15, -0.1) is 0 Å². The average Bonchev–Trinajstić information content (AvgIpc) is 2.41. The van der Waals surface area contributed by atoms with Crippen molar-refractivity contribution in [3.63, 3.8) is 0 Å². The highest BCUT2D eigenvalue weighted by Crippen LogP contribution is 2.22. The van der Waals surface area contributed by atoms with Crippen LogP contribution < -0.4 is 10.1 Å². The zero-order valence-electron chi connectivity index (χ0n) is 12.3. The molecule has 1 aromatic rings. The molecular weight excluding hydrogens is 234 g/mol. The first-order valence-corrected chi connectivity index (χ1v) is 7.69. The van der Waals surface area contributed by atoms with E-state index in [1.807, 2.05) is 12.1 Å². The monoisotopic (exact) mass is 261 g/mol. The molecule has 2 heteroatoms. The molecule has 0 heterocycles. The fourth-order valence-corrected chi connectivity index (χ4v) is 2.97. The largest absolute Gasteiger partial charge is 0.497 e. The third-order valence-electron chi connectivity index (χ3n) is 4.21. The van der Waals surface area contributed by atoms with Crippen LogP contribution >= 0.6 is 0 Å². The lowest BCUT2D eigenvalue weighted by Gasteiger charge is -2.25. The standard InChI is InChI=1S/C17H27NO/c1-14(15-10-12-17(19-2)13-11-15)18-16-8-6-4-3-5-7-9-16/h10-14,16,18H,3-9H2,1-2H3/t14-/m1/s1.